The van der Waals surface area contributed by atoms with Gasteiger partial charge in [-0.1, -0.05) is 0 Å². The van der Waals surface area contributed by atoms with E-state index in [-0.39, 0.29) is 18.4 Å². The Bertz CT molecular complexity index is 526. The van der Waals surface area contributed by atoms with E-state index < -0.39 is 0 Å². The first-order chi connectivity index (χ1) is 9.77. The molecule has 2 N–H and O–H groups in total. The van der Waals surface area contributed by atoms with Crippen molar-refractivity contribution in [1.29, 1.82) is 0 Å². The zero-order valence-corrected chi connectivity index (χ0v) is 13.4. The van der Waals surface area contributed by atoms with Crippen molar-refractivity contribution in [3.63, 3.8) is 0 Å². The molecule has 0 fully saturated rings. The van der Waals surface area contributed by atoms with E-state index in [2.05, 4.69) is 0 Å². The molecule has 0 saturated heterocycles. The highest BCUT2D eigenvalue weighted by Gasteiger charge is 2.21. The van der Waals surface area contributed by atoms with Gasteiger partial charge in [0.15, 0.2) is 0 Å². The molecule has 0 aliphatic rings. The fourth-order valence-corrected chi connectivity index (χ4v) is 1.92. The minimum Gasteiger partial charge on any atom is -0.399 e. The van der Waals surface area contributed by atoms with Crippen molar-refractivity contribution < 1.29 is 9.59 Å². The van der Waals surface area contributed by atoms with Crippen molar-refractivity contribution in [2.24, 2.45) is 0 Å². The summed E-state index contributed by atoms with van der Waals surface area (Å²) in [6.07, 6.45) is 0. The third-order valence-electron chi connectivity index (χ3n) is 3.23. The minimum atomic E-state index is -0.191. The summed E-state index contributed by atoms with van der Waals surface area (Å²) in [7, 11) is 7.08. The lowest BCUT2D eigenvalue weighted by Gasteiger charge is -2.25. The highest BCUT2D eigenvalue weighted by Crippen LogP contribution is 2.23. The second-order valence-corrected chi connectivity index (χ2v) is 5.28. The highest BCUT2D eigenvalue weighted by atomic mass is 16.2. The van der Waals surface area contributed by atoms with Gasteiger partial charge < -0.3 is 20.4 Å². The Morgan fingerprint density at radius 3 is 2.24 bits per heavy atom. The molecule has 1 aromatic carbocycles. The molecular formula is C15H24N4O2. The largest absolute Gasteiger partial charge is 0.399 e. The van der Waals surface area contributed by atoms with Gasteiger partial charge >= 0.3 is 0 Å². The van der Waals surface area contributed by atoms with Crippen LogP contribution in [0.25, 0.3) is 0 Å². The molecule has 0 radical (unpaired) electrons. The number of carbonyl (C=O) groups is 2. The smallest absolute Gasteiger partial charge is 0.256 e. The van der Waals surface area contributed by atoms with Crippen LogP contribution in [0, 0.1) is 0 Å². The standard InChI is InChI=1S/C15H24N4O2/c1-6-19(10-14(20)18(4)5)15(21)12-9-11(16)7-8-13(12)17(2)3/h7-9H,6,10,16H2,1-5H3. The Morgan fingerprint density at radius 1 is 1.14 bits per heavy atom. The van der Waals surface area contributed by atoms with Crippen LogP contribution in [0.4, 0.5) is 11.4 Å². The van der Waals surface area contributed by atoms with Gasteiger partial charge in [-0.3, -0.25) is 9.59 Å². The van der Waals surface area contributed by atoms with Crippen molar-refractivity contribution in [3.8, 4) is 0 Å². The van der Waals surface area contributed by atoms with Gasteiger partial charge in [0.05, 0.1) is 12.1 Å². The first-order valence-electron chi connectivity index (χ1n) is 6.84. The van der Waals surface area contributed by atoms with E-state index in [9.17, 15) is 9.59 Å². The fourth-order valence-electron chi connectivity index (χ4n) is 1.92. The number of benzene rings is 1. The summed E-state index contributed by atoms with van der Waals surface area (Å²) in [6.45, 7) is 2.37. The quantitative estimate of drug-likeness (QED) is 0.818. The van der Waals surface area contributed by atoms with Crippen LogP contribution in [0.5, 0.6) is 0 Å². The molecule has 0 aliphatic carbocycles. The molecule has 6 nitrogen and oxygen atoms in total. The molecule has 0 spiro atoms. The maximum Gasteiger partial charge on any atom is 0.256 e. The van der Waals surface area contributed by atoms with Gasteiger partial charge in [-0.15, -0.1) is 0 Å². The maximum atomic E-state index is 12.7. The Kier molecular flexibility index (Phi) is 5.58. The van der Waals surface area contributed by atoms with Gasteiger partial charge in [0.1, 0.15) is 0 Å². The van der Waals surface area contributed by atoms with Crippen molar-refractivity contribution in [3.05, 3.63) is 23.8 Å². The summed E-state index contributed by atoms with van der Waals surface area (Å²) in [5.41, 5.74) is 7.61. The molecule has 0 aliphatic heterocycles. The van der Waals surface area contributed by atoms with Gasteiger partial charge in [0.25, 0.3) is 5.91 Å². The van der Waals surface area contributed by atoms with Crippen molar-refractivity contribution in [2.45, 2.75) is 6.92 Å². The molecule has 0 heterocycles. The van der Waals surface area contributed by atoms with E-state index in [0.29, 0.717) is 17.8 Å². The van der Waals surface area contributed by atoms with Crippen molar-refractivity contribution in [2.75, 3.05) is 51.9 Å². The van der Waals surface area contributed by atoms with Gasteiger partial charge in [0, 0.05) is 46.1 Å². The minimum absolute atomic E-state index is 0.0595. The van der Waals surface area contributed by atoms with E-state index >= 15 is 0 Å². The average molecular weight is 292 g/mol. The predicted molar refractivity (Wildman–Crippen MR) is 85.5 cm³/mol. The second kappa shape index (κ2) is 6.97. The molecule has 1 aromatic rings. The first kappa shape index (κ1) is 16.8. The number of likely N-dealkylation sites (N-methyl/N-ethyl adjacent to an activating group) is 2. The predicted octanol–water partition coefficient (Wildman–Crippen LogP) is 0.885. The lowest BCUT2D eigenvalue weighted by Crippen LogP contribution is -2.40. The van der Waals surface area contributed by atoms with Crippen LogP contribution < -0.4 is 10.6 Å². The summed E-state index contributed by atoms with van der Waals surface area (Å²) in [4.78, 5) is 29.4. The van der Waals surface area contributed by atoms with E-state index in [0.717, 1.165) is 5.69 Å². The van der Waals surface area contributed by atoms with Crippen molar-refractivity contribution in [1.82, 2.24) is 9.80 Å². The number of nitrogens with two attached hydrogens (primary N) is 1. The second-order valence-electron chi connectivity index (χ2n) is 5.28. The molecule has 21 heavy (non-hydrogen) atoms. The number of hydrogen-bond acceptors (Lipinski definition) is 4. The molecule has 0 saturated carbocycles. The monoisotopic (exact) mass is 292 g/mol. The van der Waals surface area contributed by atoms with Crippen LogP contribution in [0.1, 0.15) is 17.3 Å². The molecular weight excluding hydrogens is 268 g/mol. The Balaban J connectivity index is 3.10. The van der Waals surface area contributed by atoms with Crippen molar-refractivity contribution >= 4 is 23.2 Å². The van der Waals surface area contributed by atoms with Gasteiger partial charge in [0.2, 0.25) is 5.91 Å². The Labute approximate surface area is 126 Å². The number of amides is 2. The van der Waals surface area contributed by atoms with Gasteiger partial charge in [-0.25, -0.2) is 0 Å². The van der Waals surface area contributed by atoms with E-state index in [1.165, 1.54) is 9.80 Å². The third kappa shape index (κ3) is 4.11. The summed E-state index contributed by atoms with van der Waals surface area (Å²) < 4.78 is 0. The fraction of sp³-hybridized carbons (Fsp3) is 0.467. The number of nitrogens with zero attached hydrogens (tertiary/aromatic N) is 3. The molecule has 1 rings (SSSR count). The summed E-state index contributed by atoms with van der Waals surface area (Å²) in [6, 6.07) is 5.22. The molecule has 0 bridgehead atoms. The van der Waals surface area contributed by atoms with Crippen LogP contribution >= 0.6 is 0 Å². The molecule has 0 unspecified atom stereocenters. The summed E-state index contributed by atoms with van der Waals surface area (Å²) >= 11 is 0. The lowest BCUT2D eigenvalue weighted by molar-refractivity contribution is -0.129. The topological polar surface area (TPSA) is 69.9 Å². The molecule has 0 atom stereocenters. The van der Waals surface area contributed by atoms with Crippen LogP contribution in [0.15, 0.2) is 18.2 Å². The zero-order valence-electron chi connectivity index (χ0n) is 13.4. The van der Waals surface area contributed by atoms with Crippen LogP contribution in [-0.4, -0.2) is 62.9 Å². The van der Waals surface area contributed by atoms with Crippen LogP contribution in [0.3, 0.4) is 0 Å². The summed E-state index contributed by atoms with van der Waals surface area (Å²) in [5.74, 6) is -0.302. The highest BCUT2D eigenvalue weighted by molar-refractivity contribution is 6.02. The summed E-state index contributed by atoms with van der Waals surface area (Å²) in [5, 5.41) is 0. The van der Waals surface area contributed by atoms with E-state index in [1.807, 2.05) is 32.0 Å². The lowest BCUT2D eigenvalue weighted by atomic mass is 10.1. The van der Waals surface area contributed by atoms with Crippen LogP contribution in [0.2, 0.25) is 0 Å². The zero-order chi connectivity index (χ0) is 16.2. The van der Waals surface area contributed by atoms with E-state index in [1.54, 1.807) is 26.2 Å². The first-order valence-corrected chi connectivity index (χ1v) is 6.84. The number of hydrogen-bond donors (Lipinski definition) is 1. The molecule has 2 amide bonds. The number of carbonyl (C=O) groups excluding carboxylic acids is 2. The molecule has 0 aromatic heterocycles. The molecule has 116 valence electrons. The van der Waals surface area contributed by atoms with Crippen LogP contribution in [-0.2, 0) is 4.79 Å². The maximum absolute atomic E-state index is 12.7. The Hall–Kier alpha value is -2.24. The average Bonchev–Trinajstić information content (AvgIpc) is 2.43. The Morgan fingerprint density at radius 2 is 1.76 bits per heavy atom. The SMILES string of the molecule is CCN(CC(=O)N(C)C)C(=O)c1cc(N)ccc1N(C)C. The van der Waals surface area contributed by atoms with Gasteiger partial charge in [-0.2, -0.15) is 0 Å². The third-order valence-corrected chi connectivity index (χ3v) is 3.23. The number of anilines is 2. The number of nitrogen functional groups attached to an aromatic ring is 1. The van der Waals surface area contributed by atoms with Gasteiger partial charge in [-0.05, 0) is 25.1 Å². The van der Waals surface area contributed by atoms with E-state index in [4.69, 9.17) is 5.73 Å². The normalized spacial score (nSPS) is 10.1. The number of rotatable bonds is 5. The molecule has 6 heteroatoms.